The molecule has 0 atom stereocenters. The molecule has 0 spiro atoms. The quantitative estimate of drug-likeness (QED) is 0.678. The van der Waals surface area contributed by atoms with Gasteiger partial charge in [0, 0.05) is 10.6 Å². The summed E-state index contributed by atoms with van der Waals surface area (Å²) in [7, 11) is -3.95. The molecule has 0 aliphatic heterocycles. The maximum Gasteiger partial charge on any atom is 0.269 e. The van der Waals surface area contributed by atoms with Crippen molar-refractivity contribution in [1.29, 1.82) is 0 Å². The number of benzene rings is 2. The van der Waals surface area contributed by atoms with Crippen LogP contribution < -0.4 is 0 Å². The fraction of sp³-hybridized carbons (Fsp3) is 0.143. The molecular formula is C14H14O3S2. The molecule has 2 aromatic carbocycles. The normalized spacial score (nSPS) is 11.4. The smallest absolute Gasteiger partial charge is 0.269 e. The SMILES string of the molecule is O=S(=O)(O)Cc1ccc(SCc2ccccc2)cc1. The van der Waals surface area contributed by atoms with Crippen molar-refractivity contribution in [3.05, 3.63) is 65.7 Å². The van der Waals surface area contributed by atoms with Crippen LogP contribution in [0.25, 0.3) is 0 Å². The molecule has 19 heavy (non-hydrogen) atoms. The van der Waals surface area contributed by atoms with Gasteiger partial charge in [0.05, 0.1) is 0 Å². The van der Waals surface area contributed by atoms with E-state index in [1.807, 2.05) is 30.3 Å². The topological polar surface area (TPSA) is 54.4 Å². The van der Waals surface area contributed by atoms with Crippen molar-refractivity contribution in [2.24, 2.45) is 0 Å². The average molecular weight is 294 g/mol. The summed E-state index contributed by atoms with van der Waals surface area (Å²) in [5.74, 6) is 0.537. The third-order valence-corrected chi connectivity index (χ3v) is 4.30. The Morgan fingerprint density at radius 1 is 0.895 bits per heavy atom. The van der Waals surface area contributed by atoms with Crippen LogP contribution in [0.3, 0.4) is 0 Å². The highest BCUT2D eigenvalue weighted by atomic mass is 32.2. The molecule has 1 N–H and O–H groups in total. The Labute approximate surface area is 117 Å². The lowest BCUT2D eigenvalue weighted by molar-refractivity contribution is 0.482. The predicted octanol–water partition coefficient (Wildman–Crippen LogP) is 3.37. The molecule has 2 aromatic rings. The molecule has 0 saturated carbocycles. The van der Waals surface area contributed by atoms with Gasteiger partial charge in [-0.15, -0.1) is 11.8 Å². The van der Waals surface area contributed by atoms with E-state index in [1.54, 1.807) is 23.9 Å². The molecule has 3 nitrogen and oxygen atoms in total. The van der Waals surface area contributed by atoms with Crippen LogP contribution in [0.1, 0.15) is 11.1 Å². The zero-order valence-corrected chi connectivity index (χ0v) is 11.8. The van der Waals surface area contributed by atoms with E-state index >= 15 is 0 Å². The van der Waals surface area contributed by atoms with Crippen LogP contribution in [0.4, 0.5) is 0 Å². The highest BCUT2D eigenvalue weighted by Crippen LogP contribution is 2.23. The summed E-state index contributed by atoms with van der Waals surface area (Å²) in [5, 5.41) is 0. The number of hydrogen-bond acceptors (Lipinski definition) is 3. The van der Waals surface area contributed by atoms with Gasteiger partial charge in [0.1, 0.15) is 5.75 Å². The molecule has 0 bridgehead atoms. The summed E-state index contributed by atoms with van der Waals surface area (Å²) in [4.78, 5) is 1.07. The second-order valence-electron chi connectivity index (χ2n) is 4.14. The van der Waals surface area contributed by atoms with Crippen molar-refractivity contribution in [1.82, 2.24) is 0 Å². The zero-order chi connectivity index (χ0) is 13.7. The lowest BCUT2D eigenvalue weighted by Crippen LogP contribution is -2.01. The van der Waals surface area contributed by atoms with Crippen molar-refractivity contribution >= 4 is 21.9 Å². The molecule has 5 heteroatoms. The van der Waals surface area contributed by atoms with E-state index in [0.717, 1.165) is 10.6 Å². The molecule has 0 radical (unpaired) electrons. The van der Waals surface area contributed by atoms with Gasteiger partial charge in [0.25, 0.3) is 10.1 Å². The fourth-order valence-corrected chi connectivity index (χ4v) is 3.10. The van der Waals surface area contributed by atoms with Crippen LogP contribution in [0.15, 0.2) is 59.5 Å². The van der Waals surface area contributed by atoms with E-state index in [-0.39, 0.29) is 5.75 Å². The largest absolute Gasteiger partial charge is 0.285 e. The Hall–Kier alpha value is -1.30. The molecule has 0 aromatic heterocycles. The average Bonchev–Trinajstić information content (AvgIpc) is 2.37. The Kier molecular flexibility index (Phi) is 4.63. The first-order valence-corrected chi connectivity index (χ1v) is 8.33. The van der Waals surface area contributed by atoms with Crippen LogP contribution >= 0.6 is 11.8 Å². The summed E-state index contributed by atoms with van der Waals surface area (Å²) >= 11 is 1.69. The highest BCUT2D eigenvalue weighted by Gasteiger charge is 2.06. The molecule has 2 rings (SSSR count). The van der Waals surface area contributed by atoms with Crippen LogP contribution in [0, 0.1) is 0 Å². The molecule has 0 unspecified atom stereocenters. The van der Waals surface area contributed by atoms with Crippen molar-refractivity contribution in [2.45, 2.75) is 16.4 Å². The maximum absolute atomic E-state index is 10.7. The molecule has 0 heterocycles. The van der Waals surface area contributed by atoms with Gasteiger partial charge in [-0.3, -0.25) is 4.55 Å². The van der Waals surface area contributed by atoms with Gasteiger partial charge in [-0.05, 0) is 23.3 Å². The molecule has 0 saturated heterocycles. The summed E-state index contributed by atoms with van der Waals surface area (Å²) in [6, 6.07) is 17.3. The van der Waals surface area contributed by atoms with Crippen LogP contribution in [-0.2, 0) is 21.6 Å². The lowest BCUT2D eigenvalue weighted by atomic mass is 10.2. The molecule has 0 aliphatic rings. The second kappa shape index (κ2) is 6.23. The van der Waals surface area contributed by atoms with Gasteiger partial charge >= 0.3 is 0 Å². The highest BCUT2D eigenvalue weighted by molar-refractivity contribution is 7.98. The van der Waals surface area contributed by atoms with E-state index < -0.39 is 10.1 Å². The summed E-state index contributed by atoms with van der Waals surface area (Å²) < 4.78 is 30.3. The number of hydrogen-bond donors (Lipinski definition) is 1. The molecule has 0 amide bonds. The van der Waals surface area contributed by atoms with Crippen LogP contribution in [-0.4, -0.2) is 13.0 Å². The van der Waals surface area contributed by atoms with Gasteiger partial charge < -0.3 is 0 Å². The van der Waals surface area contributed by atoms with E-state index in [0.29, 0.717) is 5.56 Å². The van der Waals surface area contributed by atoms with Gasteiger partial charge in [-0.1, -0.05) is 42.5 Å². The monoisotopic (exact) mass is 294 g/mol. The Bertz CT molecular complexity index is 620. The van der Waals surface area contributed by atoms with E-state index in [4.69, 9.17) is 4.55 Å². The predicted molar refractivity (Wildman–Crippen MR) is 77.7 cm³/mol. The third-order valence-electron chi connectivity index (χ3n) is 2.52. The van der Waals surface area contributed by atoms with E-state index in [2.05, 4.69) is 12.1 Å². The van der Waals surface area contributed by atoms with Crippen molar-refractivity contribution in [3.63, 3.8) is 0 Å². The van der Waals surface area contributed by atoms with Crippen LogP contribution in [0.5, 0.6) is 0 Å². The first kappa shape index (κ1) is 14.1. The summed E-state index contributed by atoms with van der Waals surface area (Å²) in [6.07, 6.45) is 0. The first-order chi connectivity index (χ1) is 9.03. The van der Waals surface area contributed by atoms with Gasteiger partial charge in [0.2, 0.25) is 0 Å². The Morgan fingerprint density at radius 2 is 1.53 bits per heavy atom. The summed E-state index contributed by atoms with van der Waals surface area (Å²) in [6.45, 7) is 0. The lowest BCUT2D eigenvalue weighted by Gasteiger charge is -2.03. The minimum atomic E-state index is -3.95. The second-order valence-corrected chi connectivity index (χ2v) is 6.65. The van der Waals surface area contributed by atoms with E-state index in [9.17, 15) is 8.42 Å². The molecule has 0 fully saturated rings. The van der Waals surface area contributed by atoms with Crippen molar-refractivity contribution in [3.8, 4) is 0 Å². The zero-order valence-electron chi connectivity index (χ0n) is 10.2. The minimum absolute atomic E-state index is 0.337. The van der Waals surface area contributed by atoms with Gasteiger partial charge in [-0.25, -0.2) is 0 Å². The molecule has 0 aliphatic carbocycles. The summed E-state index contributed by atoms with van der Waals surface area (Å²) in [5.41, 5.74) is 1.83. The Morgan fingerprint density at radius 3 is 2.11 bits per heavy atom. The number of thioether (sulfide) groups is 1. The van der Waals surface area contributed by atoms with Crippen LogP contribution in [0.2, 0.25) is 0 Å². The van der Waals surface area contributed by atoms with Gasteiger partial charge in [-0.2, -0.15) is 8.42 Å². The van der Waals surface area contributed by atoms with Gasteiger partial charge in [0.15, 0.2) is 0 Å². The molecular weight excluding hydrogens is 280 g/mol. The maximum atomic E-state index is 10.7. The standard InChI is InChI=1S/C14H14O3S2/c15-19(16,17)11-13-6-8-14(9-7-13)18-10-12-4-2-1-3-5-12/h1-9H,10-11H2,(H,15,16,17). The van der Waals surface area contributed by atoms with Crippen molar-refractivity contribution < 1.29 is 13.0 Å². The van der Waals surface area contributed by atoms with E-state index in [1.165, 1.54) is 5.56 Å². The Balaban J connectivity index is 1.96. The van der Waals surface area contributed by atoms with Crippen molar-refractivity contribution in [2.75, 3.05) is 0 Å². The molecule has 100 valence electrons. The number of rotatable bonds is 5. The third kappa shape index (κ3) is 5.06. The first-order valence-electron chi connectivity index (χ1n) is 5.74. The fourth-order valence-electron chi connectivity index (χ4n) is 1.63. The minimum Gasteiger partial charge on any atom is -0.285 e.